The van der Waals surface area contributed by atoms with Gasteiger partial charge < -0.3 is 4.98 Å². The first-order chi connectivity index (χ1) is 9.63. The Kier molecular flexibility index (Phi) is 2.90. The van der Waals surface area contributed by atoms with Gasteiger partial charge in [0.1, 0.15) is 0 Å². The Morgan fingerprint density at radius 1 is 1.10 bits per heavy atom. The molecule has 0 unspecified atom stereocenters. The van der Waals surface area contributed by atoms with Crippen molar-refractivity contribution in [2.45, 2.75) is 20.3 Å². The molecule has 0 spiro atoms. The van der Waals surface area contributed by atoms with Gasteiger partial charge in [-0.15, -0.1) is 0 Å². The first-order valence-corrected chi connectivity index (χ1v) is 6.70. The van der Waals surface area contributed by atoms with Crippen LogP contribution in [0, 0.1) is 6.92 Å². The molecule has 1 aromatic heterocycles. The van der Waals surface area contributed by atoms with E-state index in [1.807, 2.05) is 13.1 Å². The number of Topliss-reactive ketones (excluding diaryl/α,β-unsaturated/α-hetero) is 1. The van der Waals surface area contributed by atoms with Crippen LogP contribution in [0.5, 0.6) is 0 Å². The van der Waals surface area contributed by atoms with Crippen LogP contribution in [0.4, 0.5) is 0 Å². The van der Waals surface area contributed by atoms with E-state index in [0.717, 1.165) is 17.7 Å². The molecule has 100 valence electrons. The third kappa shape index (κ3) is 1.74. The van der Waals surface area contributed by atoms with Gasteiger partial charge in [0.15, 0.2) is 11.6 Å². The summed E-state index contributed by atoms with van der Waals surface area (Å²) in [6, 6.07) is 6.97. The van der Waals surface area contributed by atoms with Crippen LogP contribution in [0.1, 0.15) is 44.5 Å². The number of fused-ring (bicyclic) bond motifs is 1. The van der Waals surface area contributed by atoms with Gasteiger partial charge in [0.05, 0.1) is 11.3 Å². The van der Waals surface area contributed by atoms with Crippen LogP contribution in [-0.4, -0.2) is 16.6 Å². The fraction of sp³-hybridized carbons (Fsp3) is 0.176. The van der Waals surface area contributed by atoms with Gasteiger partial charge in [0.2, 0.25) is 0 Å². The number of aryl methyl sites for hydroxylation is 1. The Labute approximate surface area is 117 Å². The number of aromatic amines is 1. The molecule has 1 N–H and O–H groups in total. The van der Waals surface area contributed by atoms with Crippen LogP contribution < -0.4 is 0 Å². The summed E-state index contributed by atoms with van der Waals surface area (Å²) in [6.07, 6.45) is 4.25. The number of carbonyl (C=O) groups excluding carboxylic acids is 2. The van der Waals surface area contributed by atoms with E-state index in [4.69, 9.17) is 0 Å². The Balaban J connectivity index is 2.15. The number of hydrogen-bond acceptors (Lipinski definition) is 2. The van der Waals surface area contributed by atoms with E-state index in [9.17, 15) is 9.59 Å². The second kappa shape index (κ2) is 4.60. The summed E-state index contributed by atoms with van der Waals surface area (Å²) in [5, 5.41) is 0. The number of nitrogens with one attached hydrogen (secondary N) is 1. The van der Waals surface area contributed by atoms with Crippen LogP contribution in [0.3, 0.4) is 0 Å². The Morgan fingerprint density at radius 2 is 1.80 bits per heavy atom. The fourth-order valence-electron chi connectivity index (χ4n) is 2.68. The number of ketones is 2. The SMILES string of the molecule is CCc1c[nH]c(C2=CC(=O)c3ccccc3C2=O)c1C. The monoisotopic (exact) mass is 265 g/mol. The predicted octanol–water partition coefficient (Wildman–Crippen LogP) is 3.35. The van der Waals surface area contributed by atoms with E-state index in [0.29, 0.717) is 16.7 Å². The van der Waals surface area contributed by atoms with Gasteiger partial charge in [-0.1, -0.05) is 31.2 Å². The van der Waals surface area contributed by atoms with Crippen molar-refractivity contribution >= 4 is 17.1 Å². The van der Waals surface area contributed by atoms with Crippen molar-refractivity contribution in [1.82, 2.24) is 4.98 Å². The minimum Gasteiger partial charge on any atom is -0.361 e. The van der Waals surface area contributed by atoms with E-state index in [1.165, 1.54) is 11.6 Å². The van der Waals surface area contributed by atoms with E-state index in [-0.39, 0.29) is 11.6 Å². The second-order valence-electron chi connectivity index (χ2n) is 4.96. The summed E-state index contributed by atoms with van der Waals surface area (Å²) < 4.78 is 0. The van der Waals surface area contributed by atoms with Gasteiger partial charge >= 0.3 is 0 Å². The molecule has 1 heterocycles. The smallest absolute Gasteiger partial charge is 0.196 e. The number of hydrogen-bond donors (Lipinski definition) is 1. The fourth-order valence-corrected chi connectivity index (χ4v) is 2.68. The molecule has 1 aliphatic rings. The Morgan fingerprint density at radius 3 is 2.45 bits per heavy atom. The highest BCUT2D eigenvalue weighted by Crippen LogP contribution is 2.29. The zero-order valence-corrected chi connectivity index (χ0v) is 11.5. The third-order valence-electron chi connectivity index (χ3n) is 3.85. The van der Waals surface area contributed by atoms with Gasteiger partial charge in [-0.2, -0.15) is 0 Å². The predicted molar refractivity (Wildman–Crippen MR) is 78.0 cm³/mol. The standard InChI is InChI=1S/C17H15NO2/c1-3-11-9-18-16(10(11)2)14-8-15(19)12-6-4-5-7-13(12)17(14)20/h4-9,18H,3H2,1-2H3. The quantitative estimate of drug-likeness (QED) is 0.905. The number of carbonyl (C=O) groups is 2. The highest BCUT2D eigenvalue weighted by Gasteiger charge is 2.27. The second-order valence-corrected chi connectivity index (χ2v) is 4.96. The molecule has 1 aromatic carbocycles. The zero-order chi connectivity index (χ0) is 14.3. The van der Waals surface area contributed by atoms with Crippen LogP contribution in [0.2, 0.25) is 0 Å². The van der Waals surface area contributed by atoms with Gasteiger partial charge in [0.25, 0.3) is 0 Å². The molecular weight excluding hydrogens is 250 g/mol. The van der Waals surface area contributed by atoms with Gasteiger partial charge in [-0.05, 0) is 30.5 Å². The Hall–Kier alpha value is -2.42. The maximum atomic E-state index is 12.6. The van der Waals surface area contributed by atoms with Crippen molar-refractivity contribution in [1.29, 1.82) is 0 Å². The number of allylic oxidation sites excluding steroid dienone is 2. The van der Waals surface area contributed by atoms with Crippen LogP contribution in [-0.2, 0) is 6.42 Å². The molecule has 0 saturated heterocycles. The summed E-state index contributed by atoms with van der Waals surface area (Å²) >= 11 is 0. The third-order valence-corrected chi connectivity index (χ3v) is 3.85. The van der Waals surface area contributed by atoms with E-state index in [1.54, 1.807) is 24.3 Å². The number of benzene rings is 1. The lowest BCUT2D eigenvalue weighted by Crippen LogP contribution is -2.16. The summed E-state index contributed by atoms with van der Waals surface area (Å²) in [5.74, 6) is -0.199. The van der Waals surface area contributed by atoms with Gasteiger partial charge in [-0.3, -0.25) is 9.59 Å². The zero-order valence-electron chi connectivity index (χ0n) is 11.5. The maximum absolute atomic E-state index is 12.6. The molecule has 3 heteroatoms. The van der Waals surface area contributed by atoms with Crippen molar-refractivity contribution in [3.8, 4) is 0 Å². The van der Waals surface area contributed by atoms with Crippen LogP contribution in [0.25, 0.3) is 5.57 Å². The molecule has 0 amide bonds. The van der Waals surface area contributed by atoms with Crippen molar-refractivity contribution in [3.63, 3.8) is 0 Å². The van der Waals surface area contributed by atoms with Gasteiger partial charge in [0, 0.05) is 17.3 Å². The highest BCUT2D eigenvalue weighted by atomic mass is 16.1. The summed E-state index contributed by atoms with van der Waals surface area (Å²) in [7, 11) is 0. The topological polar surface area (TPSA) is 49.9 Å². The molecule has 3 nitrogen and oxygen atoms in total. The highest BCUT2D eigenvalue weighted by molar-refractivity contribution is 6.38. The largest absolute Gasteiger partial charge is 0.361 e. The molecule has 0 fully saturated rings. The molecule has 1 aliphatic carbocycles. The maximum Gasteiger partial charge on any atom is 0.196 e. The van der Waals surface area contributed by atoms with Crippen molar-refractivity contribution in [3.05, 3.63) is 64.5 Å². The van der Waals surface area contributed by atoms with Crippen molar-refractivity contribution in [2.24, 2.45) is 0 Å². The first-order valence-electron chi connectivity index (χ1n) is 6.70. The number of H-pyrrole nitrogens is 1. The minimum absolute atomic E-state index is 0.0900. The van der Waals surface area contributed by atoms with Crippen molar-refractivity contribution < 1.29 is 9.59 Å². The van der Waals surface area contributed by atoms with E-state index < -0.39 is 0 Å². The molecule has 0 saturated carbocycles. The molecule has 2 aromatic rings. The van der Waals surface area contributed by atoms with E-state index >= 15 is 0 Å². The molecule has 3 rings (SSSR count). The number of rotatable bonds is 2. The summed E-state index contributed by atoms with van der Waals surface area (Å²) in [6.45, 7) is 4.04. The molecule has 0 atom stereocenters. The molecule has 0 bridgehead atoms. The molecule has 0 radical (unpaired) electrons. The van der Waals surface area contributed by atoms with Crippen LogP contribution in [0.15, 0.2) is 36.5 Å². The Bertz CT molecular complexity index is 750. The van der Waals surface area contributed by atoms with Crippen LogP contribution >= 0.6 is 0 Å². The average Bonchev–Trinajstić information content (AvgIpc) is 2.84. The molecule has 20 heavy (non-hydrogen) atoms. The van der Waals surface area contributed by atoms with Crippen molar-refractivity contribution in [2.75, 3.05) is 0 Å². The summed E-state index contributed by atoms with van der Waals surface area (Å²) in [4.78, 5) is 27.9. The minimum atomic E-state index is -0.109. The normalized spacial score (nSPS) is 14.2. The summed E-state index contributed by atoms with van der Waals surface area (Å²) in [5.41, 5.74) is 4.41. The number of aromatic nitrogens is 1. The van der Waals surface area contributed by atoms with E-state index in [2.05, 4.69) is 11.9 Å². The molecule has 0 aliphatic heterocycles. The lowest BCUT2D eigenvalue weighted by Gasteiger charge is -2.14. The first kappa shape index (κ1) is 12.6. The lowest BCUT2D eigenvalue weighted by molar-refractivity contribution is 0.100. The lowest BCUT2D eigenvalue weighted by atomic mass is 9.87. The molecular formula is C17H15NO2. The van der Waals surface area contributed by atoms with Gasteiger partial charge in [-0.25, -0.2) is 0 Å². The average molecular weight is 265 g/mol.